The summed E-state index contributed by atoms with van der Waals surface area (Å²) in [5.41, 5.74) is 0. The van der Waals surface area contributed by atoms with E-state index in [1.165, 1.54) is 0 Å². The van der Waals surface area contributed by atoms with Gasteiger partial charge in [-0.05, 0) is 32.5 Å². The fourth-order valence-electron chi connectivity index (χ4n) is 1.92. The van der Waals surface area contributed by atoms with Crippen LogP contribution < -0.4 is 5.32 Å². The SMILES string of the molecule is CCNC(C(=O)O)C1CCN(C)C1. The van der Waals surface area contributed by atoms with E-state index in [9.17, 15) is 4.79 Å². The maximum Gasteiger partial charge on any atom is 0.321 e. The summed E-state index contributed by atoms with van der Waals surface area (Å²) in [6.45, 7) is 4.57. The number of nitrogens with one attached hydrogen (secondary N) is 1. The summed E-state index contributed by atoms with van der Waals surface area (Å²) < 4.78 is 0. The van der Waals surface area contributed by atoms with Crippen LogP contribution in [0.5, 0.6) is 0 Å². The molecule has 0 aliphatic carbocycles. The van der Waals surface area contributed by atoms with Gasteiger partial charge in [-0.2, -0.15) is 0 Å². The molecular formula is C9H18N2O2. The van der Waals surface area contributed by atoms with Crippen LogP contribution in [0.2, 0.25) is 0 Å². The van der Waals surface area contributed by atoms with Crippen LogP contribution in [0.3, 0.4) is 0 Å². The van der Waals surface area contributed by atoms with Gasteiger partial charge in [0.2, 0.25) is 0 Å². The molecule has 0 bridgehead atoms. The van der Waals surface area contributed by atoms with E-state index in [4.69, 9.17) is 5.11 Å². The van der Waals surface area contributed by atoms with Gasteiger partial charge < -0.3 is 15.3 Å². The highest BCUT2D eigenvalue weighted by Crippen LogP contribution is 2.18. The summed E-state index contributed by atoms with van der Waals surface area (Å²) in [4.78, 5) is 13.1. The molecule has 13 heavy (non-hydrogen) atoms. The monoisotopic (exact) mass is 186 g/mol. The Morgan fingerprint density at radius 2 is 2.46 bits per heavy atom. The average molecular weight is 186 g/mol. The number of rotatable bonds is 4. The van der Waals surface area contributed by atoms with E-state index in [-0.39, 0.29) is 12.0 Å². The highest BCUT2D eigenvalue weighted by molar-refractivity contribution is 5.74. The fourth-order valence-corrected chi connectivity index (χ4v) is 1.92. The summed E-state index contributed by atoms with van der Waals surface area (Å²) in [6.07, 6.45) is 0.987. The van der Waals surface area contributed by atoms with Crippen LogP contribution in [0.25, 0.3) is 0 Å². The second-order valence-corrected chi connectivity index (χ2v) is 3.68. The Balaban J connectivity index is 2.49. The Morgan fingerprint density at radius 3 is 2.85 bits per heavy atom. The molecule has 0 saturated carbocycles. The van der Waals surface area contributed by atoms with E-state index >= 15 is 0 Å². The molecule has 0 spiro atoms. The van der Waals surface area contributed by atoms with Crippen molar-refractivity contribution in [2.75, 3.05) is 26.7 Å². The van der Waals surface area contributed by atoms with Crippen molar-refractivity contribution in [1.29, 1.82) is 0 Å². The highest BCUT2D eigenvalue weighted by Gasteiger charge is 2.31. The first-order valence-corrected chi connectivity index (χ1v) is 4.80. The number of carboxylic acid groups (broad SMARTS) is 1. The van der Waals surface area contributed by atoms with E-state index in [1.807, 2.05) is 14.0 Å². The largest absolute Gasteiger partial charge is 0.480 e. The van der Waals surface area contributed by atoms with E-state index in [1.54, 1.807) is 0 Å². The van der Waals surface area contributed by atoms with Gasteiger partial charge in [0.25, 0.3) is 0 Å². The summed E-state index contributed by atoms with van der Waals surface area (Å²) in [6, 6.07) is -0.366. The molecule has 1 fully saturated rings. The Labute approximate surface area is 78.9 Å². The minimum Gasteiger partial charge on any atom is -0.480 e. The van der Waals surface area contributed by atoms with Gasteiger partial charge in [0.15, 0.2) is 0 Å². The Kier molecular flexibility index (Phi) is 3.69. The number of hydrogen-bond acceptors (Lipinski definition) is 3. The molecule has 4 nitrogen and oxygen atoms in total. The zero-order chi connectivity index (χ0) is 9.84. The third-order valence-electron chi connectivity index (χ3n) is 2.59. The number of carbonyl (C=O) groups is 1. The molecule has 1 aliphatic heterocycles. The van der Waals surface area contributed by atoms with Crippen LogP contribution in [-0.2, 0) is 4.79 Å². The summed E-state index contributed by atoms with van der Waals surface area (Å²) in [7, 11) is 2.03. The van der Waals surface area contributed by atoms with E-state index in [0.29, 0.717) is 0 Å². The van der Waals surface area contributed by atoms with Crippen LogP contribution >= 0.6 is 0 Å². The van der Waals surface area contributed by atoms with Crippen LogP contribution in [0.15, 0.2) is 0 Å². The predicted octanol–water partition coefficient (Wildman–Crippen LogP) is 0.000800. The molecule has 0 radical (unpaired) electrons. The van der Waals surface area contributed by atoms with E-state index < -0.39 is 5.97 Å². The average Bonchev–Trinajstić information content (AvgIpc) is 2.46. The van der Waals surface area contributed by atoms with E-state index in [2.05, 4.69) is 10.2 Å². The lowest BCUT2D eigenvalue weighted by Gasteiger charge is -2.19. The first kappa shape index (κ1) is 10.5. The second kappa shape index (κ2) is 4.58. The normalized spacial score (nSPS) is 26.2. The highest BCUT2D eigenvalue weighted by atomic mass is 16.4. The summed E-state index contributed by atoms with van der Waals surface area (Å²) >= 11 is 0. The topological polar surface area (TPSA) is 52.6 Å². The van der Waals surface area contributed by atoms with Crippen molar-refractivity contribution >= 4 is 5.97 Å². The molecule has 76 valence electrons. The van der Waals surface area contributed by atoms with Gasteiger partial charge in [-0.15, -0.1) is 0 Å². The van der Waals surface area contributed by atoms with Crippen LogP contribution in [-0.4, -0.2) is 48.7 Å². The van der Waals surface area contributed by atoms with Gasteiger partial charge >= 0.3 is 5.97 Å². The number of carboxylic acids is 1. The molecule has 1 aliphatic rings. The molecule has 0 amide bonds. The molecule has 0 aromatic heterocycles. The molecule has 1 rings (SSSR count). The maximum absolute atomic E-state index is 10.9. The molecule has 4 heteroatoms. The molecular weight excluding hydrogens is 168 g/mol. The lowest BCUT2D eigenvalue weighted by atomic mass is 9.99. The quantitative estimate of drug-likeness (QED) is 0.649. The van der Waals surface area contributed by atoms with Crippen LogP contribution in [0.4, 0.5) is 0 Å². The predicted molar refractivity (Wildman–Crippen MR) is 50.7 cm³/mol. The molecule has 0 aromatic rings. The summed E-state index contributed by atoms with van der Waals surface area (Å²) in [5, 5.41) is 12.0. The van der Waals surface area contributed by atoms with Crippen LogP contribution in [0, 0.1) is 5.92 Å². The van der Waals surface area contributed by atoms with Gasteiger partial charge in [0.05, 0.1) is 0 Å². The standard InChI is InChI=1S/C9H18N2O2/c1-3-10-8(9(12)13)7-4-5-11(2)6-7/h7-8,10H,3-6H2,1-2H3,(H,12,13). The lowest BCUT2D eigenvalue weighted by Crippen LogP contribution is -2.43. The third kappa shape index (κ3) is 2.67. The smallest absolute Gasteiger partial charge is 0.321 e. The molecule has 2 atom stereocenters. The van der Waals surface area contributed by atoms with Crippen molar-refractivity contribution in [2.24, 2.45) is 5.92 Å². The van der Waals surface area contributed by atoms with E-state index in [0.717, 1.165) is 26.1 Å². The molecule has 1 heterocycles. The summed E-state index contributed by atoms with van der Waals surface area (Å²) in [5.74, 6) is -0.454. The first-order chi connectivity index (χ1) is 6.15. The minimum absolute atomic E-state index is 0.266. The van der Waals surface area contributed by atoms with Gasteiger partial charge in [0, 0.05) is 6.54 Å². The molecule has 1 saturated heterocycles. The Hall–Kier alpha value is -0.610. The van der Waals surface area contributed by atoms with Crippen molar-refractivity contribution in [3.05, 3.63) is 0 Å². The van der Waals surface area contributed by atoms with Crippen molar-refractivity contribution in [3.8, 4) is 0 Å². The number of likely N-dealkylation sites (tertiary alicyclic amines) is 1. The van der Waals surface area contributed by atoms with Crippen molar-refractivity contribution in [3.63, 3.8) is 0 Å². The zero-order valence-electron chi connectivity index (χ0n) is 8.29. The lowest BCUT2D eigenvalue weighted by molar-refractivity contribution is -0.140. The number of nitrogens with zero attached hydrogens (tertiary/aromatic N) is 1. The van der Waals surface area contributed by atoms with Crippen molar-refractivity contribution in [2.45, 2.75) is 19.4 Å². The molecule has 2 unspecified atom stereocenters. The second-order valence-electron chi connectivity index (χ2n) is 3.68. The Morgan fingerprint density at radius 1 is 1.77 bits per heavy atom. The van der Waals surface area contributed by atoms with Gasteiger partial charge in [-0.3, -0.25) is 4.79 Å². The van der Waals surface area contributed by atoms with Crippen molar-refractivity contribution in [1.82, 2.24) is 10.2 Å². The number of likely N-dealkylation sites (N-methyl/N-ethyl adjacent to an activating group) is 1. The first-order valence-electron chi connectivity index (χ1n) is 4.80. The van der Waals surface area contributed by atoms with Gasteiger partial charge in [0.1, 0.15) is 6.04 Å². The van der Waals surface area contributed by atoms with Crippen LogP contribution in [0.1, 0.15) is 13.3 Å². The van der Waals surface area contributed by atoms with Gasteiger partial charge in [-0.25, -0.2) is 0 Å². The van der Waals surface area contributed by atoms with Crippen molar-refractivity contribution < 1.29 is 9.90 Å². The van der Waals surface area contributed by atoms with Gasteiger partial charge in [-0.1, -0.05) is 6.92 Å². The number of aliphatic carboxylic acids is 1. The fraction of sp³-hybridized carbons (Fsp3) is 0.889. The number of hydrogen-bond donors (Lipinski definition) is 2. The molecule has 2 N–H and O–H groups in total. The third-order valence-corrected chi connectivity index (χ3v) is 2.59. The minimum atomic E-state index is -0.720. The maximum atomic E-state index is 10.9. The molecule has 0 aromatic carbocycles. The Bertz CT molecular complexity index is 184. The zero-order valence-corrected chi connectivity index (χ0v) is 8.29.